The number of rotatable bonds is 2. The van der Waals surface area contributed by atoms with E-state index in [1.54, 1.807) is 0 Å². The summed E-state index contributed by atoms with van der Waals surface area (Å²) in [5, 5.41) is 0. The second kappa shape index (κ2) is 7.49. The normalized spacial score (nSPS) is 19.4. The van der Waals surface area contributed by atoms with Gasteiger partial charge >= 0.3 is 0 Å². The minimum atomic E-state index is -0.332. The predicted molar refractivity (Wildman–Crippen MR) is 65.5 cm³/mol. The molecule has 15 heavy (non-hydrogen) atoms. The molecule has 0 spiro atoms. The number of carbonyl (C=O) groups excluding carboxylic acids is 1. The Morgan fingerprint density at radius 3 is 2.13 bits per heavy atom. The fourth-order valence-corrected chi connectivity index (χ4v) is 1.81. The molecule has 0 unspecified atom stereocenters. The smallest absolute Gasteiger partial charge is 0.241 e. The first kappa shape index (κ1) is 14.2. The molecule has 0 saturated heterocycles. The standard InChI is InChI=1S/C10H17NO.C3H8/c1-10(8-5-9(11)12)6-3-2-4-7-10;1-3-2/h5,8H,2-4,6-7H2,1H3,(H2,11,12);3H2,1-2H3/b8-5+;. The van der Waals surface area contributed by atoms with Gasteiger partial charge in [-0.15, -0.1) is 0 Å². The molecule has 0 aliphatic heterocycles. The number of carbonyl (C=O) groups is 1. The van der Waals surface area contributed by atoms with Crippen molar-refractivity contribution in [3.63, 3.8) is 0 Å². The number of nitrogens with two attached hydrogens (primary N) is 1. The van der Waals surface area contributed by atoms with Crippen LogP contribution in [0.5, 0.6) is 0 Å². The Morgan fingerprint density at radius 1 is 1.27 bits per heavy atom. The van der Waals surface area contributed by atoms with Crippen LogP contribution in [-0.4, -0.2) is 5.91 Å². The van der Waals surface area contributed by atoms with Gasteiger partial charge in [-0.1, -0.05) is 52.5 Å². The van der Waals surface area contributed by atoms with Crippen molar-refractivity contribution in [3.8, 4) is 0 Å². The van der Waals surface area contributed by atoms with E-state index in [0.717, 1.165) is 0 Å². The highest BCUT2D eigenvalue weighted by Gasteiger charge is 2.23. The summed E-state index contributed by atoms with van der Waals surface area (Å²) in [6.45, 7) is 6.45. The topological polar surface area (TPSA) is 43.1 Å². The van der Waals surface area contributed by atoms with Crippen molar-refractivity contribution in [3.05, 3.63) is 12.2 Å². The minimum Gasteiger partial charge on any atom is -0.366 e. The van der Waals surface area contributed by atoms with E-state index < -0.39 is 0 Å². The first-order valence-electron chi connectivity index (χ1n) is 6.02. The van der Waals surface area contributed by atoms with Gasteiger partial charge in [0.2, 0.25) is 5.91 Å². The molecule has 1 aliphatic carbocycles. The molecule has 1 saturated carbocycles. The second-order valence-electron chi connectivity index (χ2n) is 4.66. The number of allylic oxidation sites excluding steroid dienone is 1. The molecular weight excluding hydrogens is 186 g/mol. The summed E-state index contributed by atoms with van der Waals surface area (Å²) in [7, 11) is 0. The van der Waals surface area contributed by atoms with Gasteiger partial charge in [0, 0.05) is 0 Å². The van der Waals surface area contributed by atoms with Crippen LogP contribution >= 0.6 is 0 Å². The second-order valence-corrected chi connectivity index (χ2v) is 4.66. The van der Waals surface area contributed by atoms with Crippen molar-refractivity contribution in [1.29, 1.82) is 0 Å². The fraction of sp³-hybridized carbons (Fsp3) is 0.769. The van der Waals surface area contributed by atoms with Gasteiger partial charge in [-0.3, -0.25) is 4.79 Å². The van der Waals surface area contributed by atoms with Crippen LogP contribution in [0.15, 0.2) is 12.2 Å². The number of primary amides is 1. The maximum absolute atomic E-state index is 10.5. The third-order valence-corrected chi connectivity index (χ3v) is 2.65. The lowest BCUT2D eigenvalue weighted by atomic mass is 9.75. The van der Waals surface area contributed by atoms with E-state index >= 15 is 0 Å². The molecule has 88 valence electrons. The molecule has 0 aromatic heterocycles. The van der Waals surface area contributed by atoms with Crippen LogP contribution in [0.25, 0.3) is 0 Å². The zero-order valence-electron chi connectivity index (χ0n) is 10.4. The minimum absolute atomic E-state index is 0.229. The maximum atomic E-state index is 10.5. The first-order chi connectivity index (χ1) is 7.04. The zero-order chi connectivity index (χ0) is 11.7. The van der Waals surface area contributed by atoms with Crippen LogP contribution in [-0.2, 0) is 4.79 Å². The SMILES string of the molecule is CC1(/C=C/C(N)=O)CCCCC1.CCC. The van der Waals surface area contributed by atoms with E-state index in [1.807, 2.05) is 6.08 Å². The predicted octanol–water partition coefficient (Wildman–Crippen LogP) is 3.41. The van der Waals surface area contributed by atoms with Crippen molar-refractivity contribution in [2.75, 3.05) is 0 Å². The van der Waals surface area contributed by atoms with E-state index in [-0.39, 0.29) is 11.3 Å². The first-order valence-corrected chi connectivity index (χ1v) is 6.02. The molecule has 0 aromatic rings. The van der Waals surface area contributed by atoms with E-state index in [1.165, 1.54) is 44.6 Å². The average Bonchev–Trinajstić information content (AvgIpc) is 2.18. The highest BCUT2D eigenvalue weighted by atomic mass is 16.1. The molecule has 0 atom stereocenters. The van der Waals surface area contributed by atoms with Gasteiger partial charge in [0.15, 0.2) is 0 Å². The van der Waals surface area contributed by atoms with Crippen molar-refractivity contribution in [2.45, 2.75) is 59.3 Å². The Kier molecular flexibility index (Phi) is 7.10. The largest absolute Gasteiger partial charge is 0.366 e. The van der Waals surface area contributed by atoms with Crippen molar-refractivity contribution >= 4 is 5.91 Å². The number of hydrogen-bond donors (Lipinski definition) is 1. The van der Waals surface area contributed by atoms with Gasteiger partial charge in [-0.05, 0) is 24.3 Å². The lowest BCUT2D eigenvalue weighted by Crippen LogP contribution is -2.18. The molecule has 1 rings (SSSR count). The molecule has 0 bridgehead atoms. The van der Waals surface area contributed by atoms with E-state index in [4.69, 9.17) is 5.73 Å². The summed E-state index contributed by atoms with van der Waals surface area (Å²) < 4.78 is 0. The lowest BCUT2D eigenvalue weighted by molar-refractivity contribution is -0.113. The van der Waals surface area contributed by atoms with Gasteiger partial charge in [-0.2, -0.15) is 0 Å². The molecule has 1 fully saturated rings. The van der Waals surface area contributed by atoms with Crippen molar-refractivity contribution < 1.29 is 4.79 Å². The molecular formula is C13H25NO. The Labute approximate surface area is 93.9 Å². The van der Waals surface area contributed by atoms with Gasteiger partial charge in [0.25, 0.3) is 0 Å². The summed E-state index contributed by atoms with van der Waals surface area (Å²) >= 11 is 0. The molecule has 1 amide bonds. The lowest BCUT2D eigenvalue weighted by Gasteiger charge is -2.30. The van der Waals surface area contributed by atoms with Crippen LogP contribution in [0.3, 0.4) is 0 Å². The van der Waals surface area contributed by atoms with Crippen LogP contribution in [0.2, 0.25) is 0 Å². The number of amides is 1. The summed E-state index contributed by atoms with van der Waals surface area (Å²) in [6.07, 6.45) is 11.0. The zero-order valence-corrected chi connectivity index (χ0v) is 10.4. The Morgan fingerprint density at radius 2 is 1.73 bits per heavy atom. The van der Waals surface area contributed by atoms with E-state index in [2.05, 4.69) is 20.8 Å². The van der Waals surface area contributed by atoms with Crippen molar-refractivity contribution in [1.82, 2.24) is 0 Å². The molecule has 0 heterocycles. The van der Waals surface area contributed by atoms with Crippen LogP contribution in [0, 0.1) is 5.41 Å². The molecule has 2 nitrogen and oxygen atoms in total. The maximum Gasteiger partial charge on any atom is 0.241 e. The molecule has 1 aliphatic rings. The van der Waals surface area contributed by atoms with E-state index in [9.17, 15) is 4.79 Å². The van der Waals surface area contributed by atoms with Gasteiger partial charge in [0.05, 0.1) is 0 Å². The Balaban J connectivity index is 0.000000583. The molecule has 2 heteroatoms. The Bertz CT molecular complexity index is 203. The van der Waals surface area contributed by atoms with Gasteiger partial charge in [0.1, 0.15) is 0 Å². The van der Waals surface area contributed by atoms with Crippen LogP contribution in [0.4, 0.5) is 0 Å². The third-order valence-electron chi connectivity index (χ3n) is 2.65. The summed E-state index contributed by atoms with van der Waals surface area (Å²) in [5.74, 6) is -0.332. The monoisotopic (exact) mass is 211 g/mol. The van der Waals surface area contributed by atoms with E-state index in [0.29, 0.717) is 0 Å². The third kappa shape index (κ3) is 7.18. The Hall–Kier alpha value is -0.790. The highest BCUT2D eigenvalue weighted by Crippen LogP contribution is 2.36. The van der Waals surface area contributed by atoms with Gasteiger partial charge < -0.3 is 5.73 Å². The summed E-state index contributed by atoms with van der Waals surface area (Å²) in [4.78, 5) is 10.5. The average molecular weight is 211 g/mol. The van der Waals surface area contributed by atoms with Crippen LogP contribution in [0.1, 0.15) is 59.3 Å². The molecule has 0 radical (unpaired) electrons. The fourth-order valence-electron chi connectivity index (χ4n) is 1.81. The number of hydrogen-bond acceptors (Lipinski definition) is 1. The molecule has 0 aromatic carbocycles. The van der Waals surface area contributed by atoms with Crippen molar-refractivity contribution in [2.24, 2.45) is 11.1 Å². The quantitative estimate of drug-likeness (QED) is 0.699. The summed E-state index contributed by atoms with van der Waals surface area (Å²) in [6, 6.07) is 0. The molecule has 2 N–H and O–H groups in total. The van der Waals surface area contributed by atoms with Gasteiger partial charge in [-0.25, -0.2) is 0 Å². The highest BCUT2D eigenvalue weighted by molar-refractivity contribution is 5.85. The van der Waals surface area contributed by atoms with Crippen LogP contribution < -0.4 is 5.73 Å². The summed E-state index contributed by atoms with van der Waals surface area (Å²) in [5.41, 5.74) is 5.27.